The largest absolute Gasteiger partial charge is 0.530 e. The van der Waals surface area contributed by atoms with E-state index < -0.39 is 17.2 Å². The lowest BCUT2D eigenvalue weighted by Gasteiger charge is -2.34. The molecule has 0 unspecified atom stereocenters. The van der Waals surface area contributed by atoms with E-state index in [0.29, 0.717) is 38.5 Å². The molecule has 8 heteroatoms. The van der Waals surface area contributed by atoms with E-state index in [1.165, 1.54) is 33.4 Å². The summed E-state index contributed by atoms with van der Waals surface area (Å²) in [4.78, 5) is 0. The second-order valence-corrected chi connectivity index (χ2v) is 30.3. The molecule has 0 aromatic heterocycles. The fourth-order valence-corrected chi connectivity index (χ4v) is 13.7. The van der Waals surface area contributed by atoms with Gasteiger partial charge in [-0.2, -0.15) is 0 Å². The summed E-state index contributed by atoms with van der Waals surface area (Å²) in [7, 11) is -4.05. The third-order valence-corrected chi connectivity index (χ3v) is 17.9. The van der Waals surface area contributed by atoms with Crippen LogP contribution >= 0.6 is 17.2 Å². The molecular formula is C66H78O6P2. The molecule has 6 aromatic carbocycles. The molecule has 5 aliphatic rings. The lowest BCUT2D eigenvalue weighted by atomic mass is 9.79. The van der Waals surface area contributed by atoms with E-state index in [-0.39, 0.29) is 32.5 Å². The van der Waals surface area contributed by atoms with Gasteiger partial charge in [-0.3, -0.25) is 0 Å². The molecule has 8 bridgehead atoms. The molecule has 388 valence electrons. The van der Waals surface area contributed by atoms with Gasteiger partial charge in [0.15, 0.2) is 0 Å². The van der Waals surface area contributed by atoms with Crippen LogP contribution in [0, 0.1) is 0 Å². The van der Waals surface area contributed by atoms with Crippen molar-refractivity contribution in [1.29, 1.82) is 0 Å². The van der Waals surface area contributed by atoms with Crippen LogP contribution in [0.4, 0.5) is 0 Å². The summed E-state index contributed by atoms with van der Waals surface area (Å²) < 4.78 is 44.5. The zero-order valence-corrected chi connectivity index (χ0v) is 49.3. The SMILES string of the molecule is CC(C)(C)c1cc2c3c(c1)Cc1cc(C(C)(C)C)cc4c1OP(O3)Oc1c(cc(C(C)(C)C)cc1Cc1cc(C(C)(C)C)cc3c1OP1Oc5c(cc(C(C)(C)C)cc5Cc5cc(C(C)(C)C)cc(c5O1)C4)C3)C2. The quantitative estimate of drug-likeness (QED) is 0.141. The normalized spacial score (nSPS) is 17.9. The van der Waals surface area contributed by atoms with Gasteiger partial charge in [0.1, 0.15) is 34.5 Å². The van der Waals surface area contributed by atoms with Gasteiger partial charge in [0.05, 0.1) is 0 Å². The van der Waals surface area contributed by atoms with Crippen molar-refractivity contribution in [3.8, 4) is 34.5 Å². The Morgan fingerprint density at radius 3 is 0.419 bits per heavy atom. The summed E-state index contributed by atoms with van der Waals surface area (Å²) in [5.41, 5.74) is 20.2. The molecule has 0 amide bonds. The average molecular weight is 1030 g/mol. The van der Waals surface area contributed by atoms with Crippen LogP contribution < -0.4 is 27.1 Å². The molecule has 5 heterocycles. The lowest BCUT2D eigenvalue weighted by molar-refractivity contribution is 0.368. The van der Waals surface area contributed by atoms with E-state index in [9.17, 15) is 0 Å². The van der Waals surface area contributed by atoms with Crippen LogP contribution in [0.15, 0.2) is 72.8 Å². The maximum atomic E-state index is 7.49. The zero-order chi connectivity index (χ0) is 53.0. The van der Waals surface area contributed by atoms with E-state index in [2.05, 4.69) is 197 Å². The number of hydrogen-bond acceptors (Lipinski definition) is 6. The Labute approximate surface area is 445 Å². The molecule has 0 saturated heterocycles. The molecular weight excluding hydrogens is 951 g/mol. The van der Waals surface area contributed by atoms with Crippen LogP contribution in [0.25, 0.3) is 0 Å². The summed E-state index contributed by atoms with van der Waals surface area (Å²) in [5.74, 6) is 5.04. The second kappa shape index (κ2) is 17.2. The topological polar surface area (TPSA) is 55.4 Å². The Bertz CT molecular complexity index is 2890. The van der Waals surface area contributed by atoms with Gasteiger partial charge in [-0.25, -0.2) is 0 Å². The second-order valence-electron chi connectivity index (χ2n) is 28.3. The highest BCUT2D eigenvalue weighted by Crippen LogP contribution is 2.58. The fraction of sp³-hybridized carbons (Fsp3) is 0.455. The Kier molecular flexibility index (Phi) is 11.9. The van der Waals surface area contributed by atoms with Gasteiger partial charge < -0.3 is 27.1 Å². The highest BCUT2D eigenvalue weighted by atomic mass is 31.2. The highest BCUT2D eigenvalue weighted by Gasteiger charge is 2.40. The monoisotopic (exact) mass is 1030 g/mol. The summed E-state index contributed by atoms with van der Waals surface area (Å²) in [6.07, 6.45) is 3.68. The van der Waals surface area contributed by atoms with Gasteiger partial charge in [-0.1, -0.05) is 197 Å². The summed E-state index contributed by atoms with van der Waals surface area (Å²) >= 11 is 0. The maximum Gasteiger partial charge on any atom is 0.530 e. The molecule has 0 fully saturated rings. The minimum Gasteiger partial charge on any atom is -0.408 e. The minimum atomic E-state index is -2.02. The summed E-state index contributed by atoms with van der Waals surface area (Å²) in [5, 5.41) is 0. The predicted molar refractivity (Wildman–Crippen MR) is 305 cm³/mol. The Morgan fingerprint density at radius 2 is 0.324 bits per heavy atom. The molecule has 11 rings (SSSR count). The first kappa shape index (κ1) is 51.1. The van der Waals surface area contributed by atoms with E-state index in [1.54, 1.807) is 0 Å². The van der Waals surface area contributed by atoms with Crippen molar-refractivity contribution in [2.75, 3.05) is 0 Å². The molecule has 0 atom stereocenters. The average Bonchev–Trinajstić information content (AvgIpc) is 3.23. The smallest absolute Gasteiger partial charge is 0.408 e. The van der Waals surface area contributed by atoms with E-state index in [0.717, 1.165) is 101 Å². The van der Waals surface area contributed by atoms with Crippen molar-refractivity contribution < 1.29 is 27.1 Å². The fourth-order valence-electron chi connectivity index (χ4n) is 11.2. The first-order valence-corrected chi connectivity index (χ1v) is 29.2. The Balaban J connectivity index is 1.28. The molecule has 0 saturated carbocycles. The number of hydrogen-bond donors (Lipinski definition) is 0. The van der Waals surface area contributed by atoms with E-state index in [1.807, 2.05) is 0 Å². The van der Waals surface area contributed by atoms with Gasteiger partial charge in [0.25, 0.3) is 0 Å². The van der Waals surface area contributed by atoms with Crippen molar-refractivity contribution in [3.63, 3.8) is 0 Å². The van der Waals surface area contributed by atoms with Crippen molar-refractivity contribution in [1.82, 2.24) is 0 Å². The summed E-state index contributed by atoms with van der Waals surface area (Å²) in [6, 6.07) is 28.6. The molecule has 0 aliphatic carbocycles. The zero-order valence-electron chi connectivity index (χ0n) is 47.5. The predicted octanol–water partition coefficient (Wildman–Crippen LogP) is 18.1. The molecule has 0 spiro atoms. The molecule has 74 heavy (non-hydrogen) atoms. The first-order chi connectivity index (χ1) is 34.3. The van der Waals surface area contributed by atoms with Gasteiger partial charge in [-0.05, 0) is 133 Å². The van der Waals surface area contributed by atoms with Crippen molar-refractivity contribution in [3.05, 3.63) is 173 Å². The summed E-state index contributed by atoms with van der Waals surface area (Å²) in [6.45, 7) is 41.6. The standard InChI is InChI=1S/C66H78O6P2/c1-61(2,3)49-25-37-19-45-33-53(65(13,14)15)34-46-21-39-27-51(63(7,8)9)31-43-24-44-32-52(64(10,11)12)28-40-22-48-36-54(66(16,17)18)35-47-20-38-26-50(62(4,5)6)30-42(56(38)68-74(70-58(40)44)72-60(47)48)23-41(29-49)55(37)67-73(69-57(39)43)71-59(45)46/h25-36H,19-24H2,1-18H3. The Hall–Kier alpha value is -5.02. The van der Waals surface area contributed by atoms with Gasteiger partial charge in [0, 0.05) is 38.5 Å². The van der Waals surface area contributed by atoms with Crippen molar-refractivity contribution >= 4 is 17.2 Å². The minimum absolute atomic E-state index is 0.105. The molecule has 0 radical (unpaired) electrons. The first-order valence-electron chi connectivity index (χ1n) is 27.0. The van der Waals surface area contributed by atoms with E-state index >= 15 is 0 Å². The molecule has 5 aliphatic heterocycles. The lowest BCUT2D eigenvalue weighted by Crippen LogP contribution is -2.21. The van der Waals surface area contributed by atoms with Gasteiger partial charge >= 0.3 is 17.2 Å². The van der Waals surface area contributed by atoms with Crippen LogP contribution in [0.3, 0.4) is 0 Å². The van der Waals surface area contributed by atoms with Crippen LogP contribution in [-0.4, -0.2) is 0 Å². The number of rotatable bonds is 0. The molecule has 0 N–H and O–H groups in total. The van der Waals surface area contributed by atoms with Crippen molar-refractivity contribution in [2.45, 2.75) is 196 Å². The van der Waals surface area contributed by atoms with Crippen LogP contribution in [0.2, 0.25) is 0 Å². The number of benzene rings is 6. The maximum absolute atomic E-state index is 7.49. The third kappa shape index (κ3) is 9.52. The molecule has 6 aromatic rings. The van der Waals surface area contributed by atoms with Crippen LogP contribution in [0.5, 0.6) is 34.5 Å². The third-order valence-electron chi connectivity index (χ3n) is 15.9. The van der Waals surface area contributed by atoms with Crippen LogP contribution in [0.1, 0.15) is 225 Å². The van der Waals surface area contributed by atoms with E-state index in [4.69, 9.17) is 27.1 Å². The Morgan fingerprint density at radius 1 is 0.216 bits per heavy atom. The van der Waals surface area contributed by atoms with Gasteiger partial charge in [0.2, 0.25) is 0 Å². The van der Waals surface area contributed by atoms with Crippen molar-refractivity contribution in [2.24, 2.45) is 0 Å². The molecule has 6 nitrogen and oxygen atoms in total. The highest BCUT2D eigenvalue weighted by molar-refractivity contribution is 7.43. The van der Waals surface area contributed by atoms with Gasteiger partial charge in [-0.15, -0.1) is 0 Å². The van der Waals surface area contributed by atoms with Crippen LogP contribution in [-0.2, 0) is 71.0 Å².